The molecule has 0 unspecified atom stereocenters. The van der Waals surface area contributed by atoms with Gasteiger partial charge < -0.3 is 10.3 Å². The average molecular weight is 462 g/mol. The summed E-state index contributed by atoms with van der Waals surface area (Å²) in [6.45, 7) is 10.1. The van der Waals surface area contributed by atoms with E-state index in [1.165, 1.54) is 0 Å². The molecule has 7 nitrogen and oxygen atoms in total. The summed E-state index contributed by atoms with van der Waals surface area (Å²) in [6, 6.07) is 12.3. The zero-order chi connectivity index (χ0) is 24.4. The van der Waals surface area contributed by atoms with E-state index in [0.717, 1.165) is 61.5 Å². The molecule has 5 rings (SSSR count). The van der Waals surface area contributed by atoms with E-state index in [1.807, 2.05) is 49.5 Å². The number of H-pyrrole nitrogens is 2. The number of pyridine rings is 3. The number of nitrogens with zero attached hydrogens (tertiary/aromatic N) is 4. The Hall–Kier alpha value is -4.52. The van der Waals surface area contributed by atoms with Crippen molar-refractivity contribution in [2.75, 3.05) is 0 Å². The summed E-state index contributed by atoms with van der Waals surface area (Å²) in [5.41, 5.74) is 8.09. The van der Waals surface area contributed by atoms with Gasteiger partial charge in [0.2, 0.25) is 0 Å². The van der Waals surface area contributed by atoms with Crippen LogP contribution in [0.3, 0.4) is 0 Å². The maximum absolute atomic E-state index is 4.67. The lowest BCUT2D eigenvalue weighted by Crippen LogP contribution is -2.20. The van der Waals surface area contributed by atoms with E-state index >= 15 is 0 Å². The lowest BCUT2D eigenvalue weighted by Gasteiger charge is -2.12. The molecule has 0 aliphatic heterocycles. The van der Waals surface area contributed by atoms with Gasteiger partial charge in [0.25, 0.3) is 0 Å². The van der Waals surface area contributed by atoms with Gasteiger partial charge in [0.15, 0.2) is 0 Å². The second kappa shape index (κ2) is 9.38. The summed E-state index contributed by atoms with van der Waals surface area (Å²) in [5.74, 6) is 0. The first kappa shape index (κ1) is 22.3. The van der Waals surface area contributed by atoms with Crippen molar-refractivity contribution in [3.63, 3.8) is 0 Å². The van der Waals surface area contributed by atoms with Gasteiger partial charge in [-0.2, -0.15) is 5.10 Å². The van der Waals surface area contributed by atoms with Gasteiger partial charge in [0, 0.05) is 40.5 Å². The number of rotatable bonds is 7. The van der Waals surface area contributed by atoms with Crippen molar-refractivity contribution < 1.29 is 0 Å². The molecule has 35 heavy (non-hydrogen) atoms. The van der Waals surface area contributed by atoms with Crippen LogP contribution in [0.5, 0.6) is 0 Å². The Labute approximate surface area is 203 Å². The number of aromatic amines is 2. The van der Waals surface area contributed by atoms with Crippen LogP contribution in [0.4, 0.5) is 0 Å². The van der Waals surface area contributed by atoms with E-state index in [9.17, 15) is 0 Å². The summed E-state index contributed by atoms with van der Waals surface area (Å²) in [7, 11) is 0. The van der Waals surface area contributed by atoms with Crippen molar-refractivity contribution in [2.45, 2.75) is 26.8 Å². The summed E-state index contributed by atoms with van der Waals surface area (Å²) in [4.78, 5) is 17.2. The molecule has 0 atom stereocenters. The summed E-state index contributed by atoms with van der Waals surface area (Å²) in [6.07, 6.45) is 11.3. The minimum absolute atomic E-state index is 0.305. The van der Waals surface area contributed by atoms with E-state index in [2.05, 4.69) is 74.1 Å². The van der Waals surface area contributed by atoms with E-state index in [4.69, 9.17) is 0 Å². The maximum atomic E-state index is 4.67. The Morgan fingerprint density at radius 3 is 2.69 bits per heavy atom. The van der Waals surface area contributed by atoms with Crippen LogP contribution in [0.2, 0.25) is 0 Å². The molecule has 0 spiro atoms. The second-order valence-corrected chi connectivity index (χ2v) is 8.55. The SMILES string of the molecule is C=C/C(=C\C(=C/C)c1cc2c(-c3cc4c(-c5ccccn5)ccnc4[nH]3)n[nH]c2cn1)NC(C)C. The first-order valence-corrected chi connectivity index (χ1v) is 11.6. The highest BCUT2D eigenvalue weighted by Gasteiger charge is 2.16. The van der Waals surface area contributed by atoms with E-state index in [0.29, 0.717) is 6.04 Å². The van der Waals surface area contributed by atoms with Crippen molar-refractivity contribution >= 4 is 27.5 Å². The van der Waals surface area contributed by atoms with Crippen molar-refractivity contribution in [3.05, 3.63) is 91.2 Å². The van der Waals surface area contributed by atoms with Gasteiger partial charge in [-0.05, 0) is 68.8 Å². The Bertz CT molecular complexity index is 1570. The Kier molecular flexibility index (Phi) is 5.97. The smallest absolute Gasteiger partial charge is 0.138 e. The van der Waals surface area contributed by atoms with Gasteiger partial charge >= 0.3 is 0 Å². The number of fused-ring (bicyclic) bond motifs is 2. The zero-order valence-corrected chi connectivity index (χ0v) is 20.0. The van der Waals surface area contributed by atoms with Gasteiger partial charge in [0.1, 0.15) is 11.3 Å². The van der Waals surface area contributed by atoms with E-state index < -0.39 is 0 Å². The Morgan fingerprint density at radius 1 is 1.06 bits per heavy atom. The third-order valence-electron chi connectivity index (χ3n) is 5.77. The normalized spacial score (nSPS) is 12.6. The fourth-order valence-electron chi connectivity index (χ4n) is 4.15. The van der Waals surface area contributed by atoms with Crippen molar-refractivity contribution in [1.82, 2.24) is 35.5 Å². The van der Waals surface area contributed by atoms with Crippen molar-refractivity contribution in [2.24, 2.45) is 0 Å². The van der Waals surface area contributed by atoms with Crippen LogP contribution in [-0.2, 0) is 0 Å². The summed E-state index contributed by atoms with van der Waals surface area (Å²) in [5, 5.41) is 13.1. The van der Waals surface area contributed by atoms with Gasteiger partial charge in [-0.15, -0.1) is 0 Å². The molecule has 0 aliphatic rings. The van der Waals surface area contributed by atoms with Gasteiger partial charge in [-0.1, -0.05) is 18.7 Å². The molecule has 0 radical (unpaired) electrons. The molecule has 0 bridgehead atoms. The molecular weight excluding hydrogens is 434 g/mol. The van der Waals surface area contributed by atoms with Crippen molar-refractivity contribution in [3.8, 4) is 22.6 Å². The van der Waals surface area contributed by atoms with Crippen LogP contribution < -0.4 is 5.32 Å². The zero-order valence-electron chi connectivity index (χ0n) is 20.0. The van der Waals surface area contributed by atoms with Crippen LogP contribution in [0.15, 0.2) is 85.5 Å². The first-order chi connectivity index (χ1) is 17.1. The quantitative estimate of drug-likeness (QED) is 0.257. The van der Waals surface area contributed by atoms with Gasteiger partial charge in [-0.3, -0.25) is 15.1 Å². The number of hydrogen-bond donors (Lipinski definition) is 3. The van der Waals surface area contributed by atoms with Crippen LogP contribution in [0.1, 0.15) is 26.5 Å². The largest absolute Gasteiger partial charge is 0.383 e. The number of nitrogens with one attached hydrogen (secondary N) is 3. The Morgan fingerprint density at radius 2 is 1.94 bits per heavy atom. The highest BCUT2D eigenvalue weighted by molar-refractivity contribution is 5.99. The van der Waals surface area contributed by atoms with Crippen LogP contribution in [0, 0.1) is 0 Å². The van der Waals surface area contributed by atoms with Crippen LogP contribution in [0.25, 0.3) is 50.2 Å². The van der Waals surface area contributed by atoms with Crippen LogP contribution >= 0.6 is 0 Å². The molecule has 0 saturated carbocycles. The number of allylic oxidation sites excluding steroid dienone is 4. The van der Waals surface area contributed by atoms with E-state index in [1.54, 1.807) is 12.4 Å². The summed E-state index contributed by atoms with van der Waals surface area (Å²) >= 11 is 0. The lowest BCUT2D eigenvalue weighted by molar-refractivity contribution is 0.682. The fraction of sp³-hybridized carbons (Fsp3) is 0.143. The molecule has 7 heteroatoms. The molecule has 5 heterocycles. The highest BCUT2D eigenvalue weighted by Crippen LogP contribution is 2.33. The number of hydrogen-bond acceptors (Lipinski definition) is 5. The molecular formula is C28H27N7. The molecule has 0 aromatic carbocycles. The first-order valence-electron chi connectivity index (χ1n) is 11.6. The standard InChI is InChI=1S/C28H27N7/c1-5-18(13-19(6-2)32-17(3)4)24-15-22-26(16-31-24)34-35-27(22)25-14-21-20(10-12-30-28(21)33-25)23-9-7-8-11-29-23/h5-17,32H,2H2,1,3-4H3,(H,30,33)(H,34,35)/b18-5+,19-13+. The van der Waals surface area contributed by atoms with Gasteiger partial charge in [0.05, 0.1) is 28.8 Å². The highest BCUT2D eigenvalue weighted by atomic mass is 15.1. The van der Waals surface area contributed by atoms with Crippen LogP contribution in [-0.4, -0.2) is 36.2 Å². The number of aromatic nitrogens is 6. The monoisotopic (exact) mass is 461 g/mol. The molecule has 0 saturated heterocycles. The third kappa shape index (κ3) is 4.36. The second-order valence-electron chi connectivity index (χ2n) is 8.55. The maximum Gasteiger partial charge on any atom is 0.138 e. The third-order valence-corrected chi connectivity index (χ3v) is 5.77. The topological polar surface area (TPSA) is 95.2 Å². The predicted octanol–water partition coefficient (Wildman–Crippen LogP) is 6.03. The lowest BCUT2D eigenvalue weighted by atomic mass is 10.1. The average Bonchev–Trinajstić information content (AvgIpc) is 3.50. The molecule has 0 aliphatic carbocycles. The molecule has 0 amide bonds. The Balaban J connectivity index is 1.59. The predicted molar refractivity (Wildman–Crippen MR) is 142 cm³/mol. The molecule has 3 N–H and O–H groups in total. The molecule has 5 aromatic heterocycles. The van der Waals surface area contributed by atoms with Crippen molar-refractivity contribution in [1.29, 1.82) is 0 Å². The molecule has 5 aromatic rings. The molecule has 174 valence electrons. The van der Waals surface area contributed by atoms with E-state index in [-0.39, 0.29) is 0 Å². The minimum Gasteiger partial charge on any atom is -0.383 e. The summed E-state index contributed by atoms with van der Waals surface area (Å²) < 4.78 is 0. The fourth-order valence-corrected chi connectivity index (χ4v) is 4.15. The minimum atomic E-state index is 0.305. The molecule has 0 fully saturated rings. The van der Waals surface area contributed by atoms with Gasteiger partial charge in [-0.25, -0.2) is 4.98 Å².